The second-order valence-corrected chi connectivity index (χ2v) is 16.4. The molecule has 42 heavy (non-hydrogen) atoms. The van der Waals surface area contributed by atoms with Gasteiger partial charge in [-0.3, -0.25) is 0 Å². The smallest absolute Gasteiger partial charge is 0.331 e. The topological polar surface area (TPSA) is 156 Å². The van der Waals surface area contributed by atoms with E-state index in [4.69, 9.17) is 30.1 Å². The highest BCUT2D eigenvalue weighted by molar-refractivity contribution is 6.99. The molecular formula is C31H46N2O8Si. The summed E-state index contributed by atoms with van der Waals surface area (Å²) in [6.07, 6.45) is -3.10. The Morgan fingerprint density at radius 3 is 2.12 bits per heavy atom. The van der Waals surface area contributed by atoms with Crippen LogP contribution in [0.1, 0.15) is 40.0 Å². The molecule has 0 aromatic heterocycles. The van der Waals surface area contributed by atoms with Crippen LogP contribution in [0.3, 0.4) is 0 Å². The van der Waals surface area contributed by atoms with Crippen LogP contribution in [-0.2, 0) is 28.2 Å². The lowest BCUT2D eigenvalue weighted by Crippen LogP contribution is -2.71. The predicted octanol–water partition coefficient (Wildman–Crippen LogP) is 0.792. The van der Waals surface area contributed by atoms with Crippen molar-refractivity contribution in [2.75, 3.05) is 20.3 Å². The highest BCUT2D eigenvalue weighted by Crippen LogP contribution is 2.40. The third kappa shape index (κ3) is 6.80. The fourth-order valence-corrected chi connectivity index (χ4v) is 10.9. The van der Waals surface area contributed by atoms with Gasteiger partial charge >= 0.3 is 5.97 Å². The number of carbonyl (C=O) groups excluding carboxylic acids is 1. The quantitative estimate of drug-likeness (QED) is 0.227. The zero-order chi connectivity index (χ0) is 30.5. The second-order valence-electron chi connectivity index (χ2n) is 12.2. The summed E-state index contributed by atoms with van der Waals surface area (Å²) in [4.78, 5) is 11.7. The number of methoxy groups -OCH3 is 1. The molecule has 0 bridgehead atoms. The number of rotatable bonds is 10. The first-order valence-corrected chi connectivity index (χ1v) is 16.5. The average molecular weight is 603 g/mol. The van der Waals surface area contributed by atoms with Crippen molar-refractivity contribution in [2.24, 2.45) is 11.5 Å². The second kappa shape index (κ2) is 14.1. The van der Waals surface area contributed by atoms with Crippen molar-refractivity contribution >= 4 is 24.7 Å². The molecule has 10 nitrogen and oxygen atoms in total. The van der Waals surface area contributed by atoms with Gasteiger partial charge in [0, 0.05) is 6.04 Å². The lowest BCUT2D eigenvalue weighted by atomic mass is 9.90. The summed E-state index contributed by atoms with van der Waals surface area (Å²) < 4.78 is 30.2. The van der Waals surface area contributed by atoms with E-state index >= 15 is 0 Å². The lowest BCUT2D eigenvalue weighted by molar-refractivity contribution is -0.292. The Morgan fingerprint density at radius 2 is 1.60 bits per heavy atom. The minimum absolute atomic E-state index is 0.270. The molecule has 11 heteroatoms. The van der Waals surface area contributed by atoms with Gasteiger partial charge in [-0.2, -0.15) is 0 Å². The fraction of sp³-hybridized carbons (Fsp3) is 0.581. The zero-order valence-corrected chi connectivity index (χ0v) is 25.9. The molecule has 6 N–H and O–H groups in total. The molecule has 1 aliphatic heterocycles. The third-order valence-electron chi connectivity index (χ3n) is 8.37. The maximum Gasteiger partial charge on any atom is 0.331 e. The zero-order valence-electron chi connectivity index (χ0n) is 24.9. The van der Waals surface area contributed by atoms with Crippen LogP contribution in [0.4, 0.5) is 0 Å². The van der Waals surface area contributed by atoms with Crippen LogP contribution < -0.4 is 21.8 Å². The molecule has 2 fully saturated rings. The van der Waals surface area contributed by atoms with E-state index in [1.807, 2.05) is 36.4 Å². The van der Waals surface area contributed by atoms with Crippen molar-refractivity contribution in [1.82, 2.24) is 0 Å². The van der Waals surface area contributed by atoms with Gasteiger partial charge in [0.2, 0.25) is 0 Å². The van der Waals surface area contributed by atoms with Crippen molar-refractivity contribution in [3.63, 3.8) is 0 Å². The van der Waals surface area contributed by atoms with Gasteiger partial charge in [-0.25, -0.2) is 4.79 Å². The molecule has 0 amide bonds. The van der Waals surface area contributed by atoms with Gasteiger partial charge in [-0.15, -0.1) is 0 Å². The Balaban J connectivity index is 1.68. The normalized spacial score (nSPS) is 30.6. The van der Waals surface area contributed by atoms with Crippen molar-refractivity contribution < 1.29 is 38.4 Å². The van der Waals surface area contributed by atoms with Crippen molar-refractivity contribution in [1.29, 1.82) is 0 Å². The number of hydrogen-bond acceptors (Lipinski definition) is 10. The predicted molar refractivity (Wildman–Crippen MR) is 161 cm³/mol. The van der Waals surface area contributed by atoms with Gasteiger partial charge in [0.15, 0.2) is 6.29 Å². The van der Waals surface area contributed by atoms with E-state index in [1.54, 1.807) is 0 Å². The van der Waals surface area contributed by atoms with Gasteiger partial charge in [0.1, 0.15) is 24.9 Å². The Kier molecular flexibility index (Phi) is 11.0. The molecule has 2 aliphatic rings. The molecule has 8 atom stereocenters. The highest BCUT2D eigenvalue weighted by Gasteiger charge is 2.54. The van der Waals surface area contributed by atoms with Crippen LogP contribution in [0.25, 0.3) is 0 Å². The van der Waals surface area contributed by atoms with Crippen LogP contribution in [-0.4, -0.2) is 93.7 Å². The molecule has 232 valence electrons. The van der Waals surface area contributed by atoms with E-state index < -0.39 is 70.4 Å². The molecular weight excluding hydrogens is 556 g/mol. The van der Waals surface area contributed by atoms with Crippen LogP contribution in [0.5, 0.6) is 0 Å². The number of aliphatic hydroxyl groups excluding tert-OH is 2. The Labute approximate surface area is 249 Å². The largest absolute Gasteiger partial charge is 0.467 e. The number of nitrogens with two attached hydrogens (primary N) is 2. The molecule has 4 rings (SSSR count). The van der Waals surface area contributed by atoms with E-state index in [-0.39, 0.29) is 11.1 Å². The number of aliphatic hydroxyl groups is 2. The summed E-state index contributed by atoms with van der Waals surface area (Å²) >= 11 is 0. The molecule has 1 saturated heterocycles. The van der Waals surface area contributed by atoms with Crippen LogP contribution in [0, 0.1) is 0 Å². The van der Waals surface area contributed by atoms with Gasteiger partial charge < -0.3 is 45.1 Å². The van der Waals surface area contributed by atoms with E-state index in [1.165, 1.54) is 7.11 Å². The maximum absolute atomic E-state index is 11.7. The summed E-state index contributed by atoms with van der Waals surface area (Å²) in [7, 11) is -1.72. The number of ether oxygens (including phenoxy) is 4. The molecule has 0 spiro atoms. The third-order valence-corrected chi connectivity index (χ3v) is 13.4. The first kappa shape index (κ1) is 32.7. The molecule has 1 aliphatic carbocycles. The molecule has 2 aromatic carbocycles. The van der Waals surface area contributed by atoms with Crippen molar-refractivity contribution in [3.05, 3.63) is 60.7 Å². The number of benzene rings is 2. The minimum atomic E-state index is -2.97. The van der Waals surface area contributed by atoms with Gasteiger partial charge in [0.25, 0.3) is 8.32 Å². The first-order chi connectivity index (χ1) is 20.0. The van der Waals surface area contributed by atoms with Gasteiger partial charge in [0.05, 0.1) is 32.0 Å². The van der Waals surface area contributed by atoms with Crippen molar-refractivity contribution in [2.45, 2.75) is 94.0 Å². The van der Waals surface area contributed by atoms with Crippen LogP contribution in [0.2, 0.25) is 5.04 Å². The van der Waals surface area contributed by atoms with Gasteiger partial charge in [-0.1, -0.05) is 81.4 Å². The molecule has 2 aromatic rings. The van der Waals surface area contributed by atoms with E-state index in [9.17, 15) is 15.0 Å². The summed E-state index contributed by atoms with van der Waals surface area (Å²) in [5.74, 6) is -0.615. The lowest BCUT2D eigenvalue weighted by Gasteiger charge is -2.50. The summed E-state index contributed by atoms with van der Waals surface area (Å²) in [6.45, 7) is 5.73. The van der Waals surface area contributed by atoms with Crippen LogP contribution >= 0.6 is 0 Å². The van der Waals surface area contributed by atoms with E-state index in [0.29, 0.717) is 6.42 Å². The van der Waals surface area contributed by atoms with E-state index in [0.717, 1.165) is 23.2 Å². The number of carbonyl (C=O) groups is 1. The average Bonchev–Trinajstić information content (AvgIpc) is 2.98. The molecule has 1 saturated carbocycles. The summed E-state index contributed by atoms with van der Waals surface area (Å²) in [6, 6.07) is 19.4. The molecule has 0 radical (unpaired) electrons. The van der Waals surface area contributed by atoms with Crippen LogP contribution in [0.15, 0.2) is 60.7 Å². The van der Waals surface area contributed by atoms with Crippen molar-refractivity contribution in [3.8, 4) is 0 Å². The number of esters is 1. The molecule has 1 heterocycles. The Hall–Kier alpha value is -2.19. The maximum atomic E-state index is 11.7. The standard InChI is InChI=1S/C31H46N2O8Si/c1-31(2,3)42(20-12-7-5-8-13-20,21-14-9-6-10-15-21)41-28-22(32)16-11-17-23(28)39-30-26(33)29(38-19-25(35)37-4)27(36)24(18-34)40-30/h5-10,12-15,22-24,26-30,34,36H,11,16-19,32-33H2,1-4H3/t22-,23?,24?,26?,27+,28+,29+,30?/m0/s1. The summed E-state index contributed by atoms with van der Waals surface area (Å²) in [5.41, 5.74) is 13.3. The SMILES string of the molecule is COC(=O)CO[C@@H]1C(N)C(OC2CCC[C@H](N)[C@H]2O[Si](c2ccccc2)(c2ccccc2)C(C)(C)C)OC(CO)[C@H]1O. The molecule has 4 unspecified atom stereocenters. The Bertz CT molecular complexity index is 1100. The van der Waals surface area contributed by atoms with Gasteiger partial charge in [-0.05, 0) is 34.7 Å². The minimum Gasteiger partial charge on any atom is -0.467 e. The fourth-order valence-electron chi connectivity index (χ4n) is 6.18. The Morgan fingerprint density at radius 1 is 1.00 bits per heavy atom. The van der Waals surface area contributed by atoms with E-state index in [2.05, 4.69) is 49.8 Å². The first-order valence-electron chi connectivity index (χ1n) is 14.6. The monoisotopic (exact) mass is 602 g/mol. The summed E-state index contributed by atoms with van der Waals surface area (Å²) in [5, 5.41) is 22.7. The highest BCUT2D eigenvalue weighted by atomic mass is 28.4. The number of hydrogen-bond donors (Lipinski definition) is 4.